The number of hydrogen-bond acceptors (Lipinski definition) is 3. The van der Waals surface area contributed by atoms with Crippen molar-refractivity contribution in [3.05, 3.63) is 73.2 Å². The van der Waals surface area contributed by atoms with Gasteiger partial charge in [0.05, 0.1) is 28.1 Å². The number of ketones is 1. The Morgan fingerprint density at radius 1 is 1.03 bits per heavy atom. The Morgan fingerprint density at radius 3 is 2.19 bits per heavy atom. The van der Waals surface area contributed by atoms with Crippen LogP contribution in [0.5, 0.6) is 0 Å². The van der Waals surface area contributed by atoms with E-state index in [4.69, 9.17) is 46.4 Å². The smallest absolute Gasteiger partial charge is 0.399 e. The van der Waals surface area contributed by atoms with Crippen LogP contribution in [0.2, 0.25) is 20.1 Å². The minimum atomic E-state index is -4.59. The monoisotopic (exact) mass is 526 g/mol. The van der Waals surface area contributed by atoms with E-state index < -0.39 is 23.8 Å². The summed E-state index contributed by atoms with van der Waals surface area (Å²) in [7, 11) is 1.13. The molecule has 2 aromatic carbocycles. The number of methoxy groups -OCH3 is 1. The molecule has 0 N–H and O–H groups in total. The Balaban J connectivity index is 2.17. The van der Waals surface area contributed by atoms with Gasteiger partial charge in [0, 0.05) is 11.4 Å². The lowest BCUT2D eigenvalue weighted by molar-refractivity contribution is -0.151. The number of benzene rings is 2. The molecule has 0 heterocycles. The van der Waals surface area contributed by atoms with Crippen molar-refractivity contribution < 1.29 is 27.5 Å². The van der Waals surface area contributed by atoms with E-state index in [1.165, 1.54) is 12.1 Å². The first-order chi connectivity index (χ1) is 14.9. The zero-order chi connectivity index (χ0) is 24.1. The van der Waals surface area contributed by atoms with Gasteiger partial charge in [-0.2, -0.15) is 13.2 Å². The molecular weight excluding hydrogens is 511 g/mol. The van der Waals surface area contributed by atoms with Gasteiger partial charge in [-0.05, 0) is 47.7 Å². The SMILES string of the molecule is COC(=O)C(=O)CCCc1ccc(/C=C/C(c2cc(Cl)c(Cl)c(Cl)c2)C(F)(F)F)cc1Cl. The average Bonchev–Trinajstić information content (AvgIpc) is 2.71. The minimum Gasteiger partial charge on any atom is -0.463 e. The lowest BCUT2D eigenvalue weighted by Gasteiger charge is -2.18. The molecule has 10 heteroatoms. The Labute approximate surface area is 203 Å². The second-order valence-electron chi connectivity index (χ2n) is 6.80. The molecule has 0 saturated heterocycles. The number of hydrogen-bond donors (Lipinski definition) is 0. The van der Waals surface area contributed by atoms with Crippen molar-refractivity contribution in [3.8, 4) is 0 Å². The lowest BCUT2D eigenvalue weighted by Crippen LogP contribution is -2.19. The van der Waals surface area contributed by atoms with E-state index in [0.29, 0.717) is 29.0 Å². The van der Waals surface area contributed by atoms with Crippen LogP contribution in [0, 0.1) is 0 Å². The molecule has 0 spiro atoms. The molecule has 2 aromatic rings. The summed E-state index contributed by atoms with van der Waals surface area (Å²) in [5.74, 6) is -3.50. The average molecular weight is 528 g/mol. The molecule has 172 valence electrons. The molecule has 0 radical (unpaired) electrons. The van der Waals surface area contributed by atoms with Crippen LogP contribution in [0.3, 0.4) is 0 Å². The maximum Gasteiger partial charge on any atom is 0.399 e. The number of halogens is 7. The normalized spacial score (nSPS) is 12.8. The van der Waals surface area contributed by atoms with Crippen LogP contribution in [0.1, 0.15) is 35.4 Å². The van der Waals surface area contributed by atoms with Gasteiger partial charge in [0.1, 0.15) is 0 Å². The highest BCUT2D eigenvalue weighted by atomic mass is 35.5. The quantitative estimate of drug-likeness (QED) is 0.200. The second kappa shape index (κ2) is 11.4. The highest BCUT2D eigenvalue weighted by Crippen LogP contribution is 2.41. The molecular formula is C22H17Cl4F3O3. The molecule has 0 aliphatic carbocycles. The van der Waals surface area contributed by atoms with Crippen LogP contribution in [0.4, 0.5) is 13.2 Å². The predicted molar refractivity (Wildman–Crippen MR) is 121 cm³/mol. The zero-order valence-electron chi connectivity index (χ0n) is 16.6. The number of esters is 1. The number of carbonyl (C=O) groups excluding carboxylic acids is 2. The Morgan fingerprint density at radius 2 is 1.66 bits per heavy atom. The van der Waals surface area contributed by atoms with E-state index in [9.17, 15) is 22.8 Å². The third-order valence-electron chi connectivity index (χ3n) is 4.54. The molecule has 0 aliphatic rings. The molecule has 1 atom stereocenters. The maximum atomic E-state index is 13.6. The van der Waals surface area contributed by atoms with Crippen LogP contribution in [-0.2, 0) is 20.7 Å². The standard InChI is InChI=1S/C22H17Cl4F3O3/c1-32-21(31)19(30)4-2-3-13-7-5-12(9-16(13)23)6-8-15(22(27,28)29)14-10-17(24)20(26)18(25)11-14/h5-11,15H,2-4H2,1H3/b8-6+. The van der Waals surface area contributed by atoms with Crippen molar-refractivity contribution in [2.45, 2.75) is 31.4 Å². The molecule has 32 heavy (non-hydrogen) atoms. The van der Waals surface area contributed by atoms with Gasteiger partial charge in [0.2, 0.25) is 5.78 Å². The summed E-state index contributed by atoms with van der Waals surface area (Å²) in [6.07, 6.45) is -1.52. The highest BCUT2D eigenvalue weighted by Gasteiger charge is 2.39. The molecule has 0 aromatic heterocycles. The number of aryl methyl sites for hydroxylation is 1. The second-order valence-corrected chi connectivity index (χ2v) is 8.40. The van der Waals surface area contributed by atoms with E-state index in [-0.39, 0.29) is 27.1 Å². The van der Waals surface area contributed by atoms with Crippen molar-refractivity contribution in [3.63, 3.8) is 0 Å². The van der Waals surface area contributed by atoms with Gasteiger partial charge in [-0.25, -0.2) is 4.79 Å². The summed E-state index contributed by atoms with van der Waals surface area (Å²) in [5, 5.41) is 0.168. The van der Waals surface area contributed by atoms with Gasteiger partial charge in [0.25, 0.3) is 0 Å². The third kappa shape index (κ3) is 7.14. The summed E-state index contributed by atoms with van der Waals surface area (Å²) in [6.45, 7) is 0. The first-order valence-corrected chi connectivity index (χ1v) is 10.7. The molecule has 0 amide bonds. The van der Waals surface area contributed by atoms with Crippen molar-refractivity contribution >= 4 is 64.2 Å². The van der Waals surface area contributed by atoms with Crippen LogP contribution in [0.15, 0.2) is 36.4 Å². The fourth-order valence-electron chi connectivity index (χ4n) is 2.90. The van der Waals surface area contributed by atoms with Crippen LogP contribution in [-0.4, -0.2) is 25.0 Å². The van der Waals surface area contributed by atoms with Gasteiger partial charge in [-0.15, -0.1) is 0 Å². The van der Waals surface area contributed by atoms with E-state index >= 15 is 0 Å². The third-order valence-corrected chi connectivity index (χ3v) is 6.09. The van der Waals surface area contributed by atoms with Crippen LogP contribution >= 0.6 is 46.4 Å². The van der Waals surface area contributed by atoms with Crippen molar-refractivity contribution in [1.82, 2.24) is 0 Å². The Bertz CT molecular complexity index is 1010. The summed E-state index contributed by atoms with van der Waals surface area (Å²) < 4.78 is 45.3. The zero-order valence-corrected chi connectivity index (χ0v) is 19.6. The fourth-order valence-corrected chi connectivity index (χ4v) is 3.79. The van der Waals surface area contributed by atoms with Gasteiger partial charge >= 0.3 is 12.1 Å². The first kappa shape index (κ1) is 26.5. The van der Waals surface area contributed by atoms with Crippen molar-refractivity contribution in [2.24, 2.45) is 0 Å². The van der Waals surface area contributed by atoms with Crippen molar-refractivity contribution in [2.75, 3.05) is 7.11 Å². The Hall–Kier alpha value is -1.73. The lowest BCUT2D eigenvalue weighted by atomic mass is 9.96. The van der Waals surface area contributed by atoms with E-state index in [2.05, 4.69) is 4.74 Å². The summed E-state index contributed by atoms with van der Waals surface area (Å²) >= 11 is 23.8. The number of rotatable bonds is 8. The van der Waals surface area contributed by atoms with Crippen molar-refractivity contribution in [1.29, 1.82) is 0 Å². The molecule has 0 fully saturated rings. The number of alkyl halides is 3. The maximum absolute atomic E-state index is 13.6. The van der Waals surface area contributed by atoms with Crippen LogP contribution < -0.4 is 0 Å². The predicted octanol–water partition coefficient (Wildman–Crippen LogP) is 7.72. The molecule has 0 bridgehead atoms. The number of allylic oxidation sites excluding steroid dienone is 1. The molecule has 0 saturated carbocycles. The highest BCUT2D eigenvalue weighted by molar-refractivity contribution is 6.48. The van der Waals surface area contributed by atoms with Gasteiger partial charge < -0.3 is 4.74 Å². The summed E-state index contributed by atoms with van der Waals surface area (Å²) in [5.41, 5.74) is 1.00. The fraction of sp³-hybridized carbons (Fsp3) is 0.273. The molecule has 3 nitrogen and oxygen atoms in total. The summed E-state index contributed by atoms with van der Waals surface area (Å²) in [4.78, 5) is 22.6. The van der Waals surface area contributed by atoms with E-state index in [1.54, 1.807) is 12.1 Å². The molecule has 0 aliphatic heterocycles. The van der Waals surface area contributed by atoms with Gasteiger partial charge in [-0.1, -0.05) is 70.7 Å². The topological polar surface area (TPSA) is 43.4 Å². The van der Waals surface area contributed by atoms with E-state index in [1.807, 2.05) is 0 Å². The van der Waals surface area contributed by atoms with Gasteiger partial charge in [-0.3, -0.25) is 4.79 Å². The summed E-state index contributed by atoms with van der Waals surface area (Å²) in [6, 6.07) is 7.04. The van der Waals surface area contributed by atoms with E-state index in [0.717, 1.165) is 25.3 Å². The van der Waals surface area contributed by atoms with Gasteiger partial charge in [0.15, 0.2) is 0 Å². The first-order valence-electron chi connectivity index (χ1n) is 9.23. The Kier molecular flexibility index (Phi) is 9.46. The molecule has 1 unspecified atom stereocenters. The van der Waals surface area contributed by atoms with Crippen LogP contribution in [0.25, 0.3) is 6.08 Å². The number of ether oxygens (including phenoxy) is 1. The minimum absolute atomic E-state index is 0.00410. The largest absolute Gasteiger partial charge is 0.463 e. The number of carbonyl (C=O) groups is 2. The number of Topliss-reactive ketones (excluding diaryl/α,β-unsaturated/α-hetero) is 1. The molecule has 2 rings (SSSR count).